The van der Waals surface area contributed by atoms with Crippen LogP contribution in [0.5, 0.6) is 0 Å². The van der Waals surface area contributed by atoms with E-state index in [-0.39, 0.29) is 24.0 Å². The van der Waals surface area contributed by atoms with Crippen LogP contribution in [0.15, 0.2) is 29.4 Å². The number of aliphatic imine (C=N–C) groups is 1. The van der Waals surface area contributed by atoms with Crippen LogP contribution in [0.4, 0.5) is 0 Å². The second kappa shape index (κ2) is 10.8. The molecule has 2 aromatic rings. The molecule has 0 aromatic carbocycles. The SMILES string of the molecule is CN=C(NCc1nnc2ccccn12)NCC(C(C)C)N1CCOCC1.I. The maximum absolute atomic E-state index is 5.48. The number of hydrogen-bond acceptors (Lipinski definition) is 5. The summed E-state index contributed by atoms with van der Waals surface area (Å²) < 4.78 is 7.46. The van der Waals surface area contributed by atoms with Gasteiger partial charge in [0, 0.05) is 38.9 Å². The quantitative estimate of drug-likeness (QED) is 0.364. The molecule has 27 heavy (non-hydrogen) atoms. The Hall–Kier alpha value is -1.46. The van der Waals surface area contributed by atoms with Crippen LogP contribution in [0.25, 0.3) is 5.65 Å². The van der Waals surface area contributed by atoms with Crippen LogP contribution in [0.3, 0.4) is 0 Å². The topological polar surface area (TPSA) is 79.1 Å². The third-order valence-corrected chi connectivity index (χ3v) is 4.78. The lowest BCUT2D eigenvalue weighted by atomic mass is 10.0. The van der Waals surface area contributed by atoms with Crippen LogP contribution in [0, 0.1) is 5.92 Å². The van der Waals surface area contributed by atoms with E-state index in [1.54, 1.807) is 7.05 Å². The Bertz CT molecular complexity index is 727. The van der Waals surface area contributed by atoms with Gasteiger partial charge in [0.15, 0.2) is 17.4 Å². The zero-order valence-corrected chi connectivity index (χ0v) is 18.6. The predicted molar refractivity (Wildman–Crippen MR) is 118 cm³/mol. The van der Waals surface area contributed by atoms with Crippen molar-refractivity contribution >= 4 is 35.6 Å². The largest absolute Gasteiger partial charge is 0.379 e. The molecule has 3 heterocycles. The van der Waals surface area contributed by atoms with Gasteiger partial charge in [-0.25, -0.2) is 0 Å². The minimum atomic E-state index is 0. The summed E-state index contributed by atoms with van der Waals surface area (Å²) in [6.45, 7) is 9.55. The number of ether oxygens (including phenoxy) is 1. The van der Waals surface area contributed by atoms with Crippen molar-refractivity contribution in [1.29, 1.82) is 0 Å². The molecule has 9 heteroatoms. The molecule has 1 aliphatic rings. The van der Waals surface area contributed by atoms with E-state index in [4.69, 9.17) is 4.74 Å². The molecular weight excluding hydrogens is 457 g/mol. The highest BCUT2D eigenvalue weighted by Gasteiger charge is 2.23. The number of guanidine groups is 1. The van der Waals surface area contributed by atoms with Crippen molar-refractivity contribution in [1.82, 2.24) is 30.1 Å². The number of nitrogens with one attached hydrogen (secondary N) is 2. The Labute approximate surface area is 177 Å². The van der Waals surface area contributed by atoms with Gasteiger partial charge in [0.25, 0.3) is 0 Å². The molecular formula is C18H30IN7O. The van der Waals surface area contributed by atoms with E-state index in [1.807, 2.05) is 28.8 Å². The van der Waals surface area contributed by atoms with Gasteiger partial charge in [0.05, 0.1) is 19.8 Å². The smallest absolute Gasteiger partial charge is 0.191 e. The highest BCUT2D eigenvalue weighted by molar-refractivity contribution is 14.0. The molecule has 3 rings (SSSR count). The minimum Gasteiger partial charge on any atom is -0.379 e. The first kappa shape index (κ1) is 21.8. The zero-order valence-electron chi connectivity index (χ0n) is 16.3. The summed E-state index contributed by atoms with van der Waals surface area (Å²) in [4.78, 5) is 6.84. The summed E-state index contributed by atoms with van der Waals surface area (Å²) >= 11 is 0. The fourth-order valence-electron chi connectivity index (χ4n) is 3.29. The van der Waals surface area contributed by atoms with Crippen molar-refractivity contribution in [3.05, 3.63) is 30.2 Å². The van der Waals surface area contributed by atoms with E-state index in [0.717, 1.165) is 50.3 Å². The van der Waals surface area contributed by atoms with E-state index in [0.29, 0.717) is 18.5 Å². The standard InChI is InChI=1S/C18H29N7O.HI/c1-14(2)15(24-8-10-26-11-9-24)12-20-18(19-3)21-13-17-23-22-16-6-4-5-7-25(16)17;/h4-7,14-15H,8-13H2,1-3H3,(H2,19,20,21);1H. The van der Waals surface area contributed by atoms with Crippen LogP contribution in [-0.4, -0.2) is 71.4 Å². The van der Waals surface area contributed by atoms with Gasteiger partial charge in [0.1, 0.15) is 0 Å². The molecule has 2 N–H and O–H groups in total. The molecule has 8 nitrogen and oxygen atoms in total. The van der Waals surface area contributed by atoms with Crippen LogP contribution >= 0.6 is 24.0 Å². The summed E-state index contributed by atoms with van der Waals surface area (Å²) in [7, 11) is 1.79. The highest BCUT2D eigenvalue weighted by atomic mass is 127. The molecule has 0 bridgehead atoms. The van der Waals surface area contributed by atoms with Crippen LogP contribution < -0.4 is 10.6 Å². The number of nitrogens with zero attached hydrogens (tertiary/aromatic N) is 5. The van der Waals surface area contributed by atoms with E-state index >= 15 is 0 Å². The van der Waals surface area contributed by atoms with Crippen molar-refractivity contribution in [3.63, 3.8) is 0 Å². The molecule has 1 unspecified atom stereocenters. The second-order valence-electron chi connectivity index (χ2n) is 6.81. The summed E-state index contributed by atoms with van der Waals surface area (Å²) in [5.74, 6) is 2.19. The molecule has 0 aliphatic carbocycles. The lowest BCUT2D eigenvalue weighted by Gasteiger charge is -2.37. The molecule has 1 fully saturated rings. The van der Waals surface area contributed by atoms with E-state index < -0.39 is 0 Å². The van der Waals surface area contributed by atoms with Gasteiger partial charge in [-0.3, -0.25) is 14.3 Å². The Morgan fingerprint density at radius 1 is 1.22 bits per heavy atom. The van der Waals surface area contributed by atoms with E-state index in [2.05, 4.69) is 44.6 Å². The van der Waals surface area contributed by atoms with E-state index in [9.17, 15) is 0 Å². The van der Waals surface area contributed by atoms with E-state index in [1.165, 1.54) is 0 Å². The van der Waals surface area contributed by atoms with Gasteiger partial charge in [-0.2, -0.15) is 0 Å². The molecule has 0 amide bonds. The fraction of sp³-hybridized carbons (Fsp3) is 0.611. The zero-order chi connectivity index (χ0) is 18.4. The summed E-state index contributed by atoms with van der Waals surface area (Å²) in [6, 6.07) is 6.33. The summed E-state index contributed by atoms with van der Waals surface area (Å²) in [6.07, 6.45) is 1.97. The normalized spacial score (nSPS) is 17.0. The lowest BCUT2D eigenvalue weighted by molar-refractivity contribution is 0.00752. The van der Waals surface area contributed by atoms with Crippen LogP contribution in [-0.2, 0) is 11.3 Å². The van der Waals surface area contributed by atoms with Gasteiger partial charge in [-0.15, -0.1) is 34.2 Å². The van der Waals surface area contributed by atoms with Crippen molar-refractivity contribution in [2.24, 2.45) is 10.9 Å². The van der Waals surface area contributed by atoms with Crippen molar-refractivity contribution in [2.45, 2.75) is 26.4 Å². The third-order valence-electron chi connectivity index (χ3n) is 4.78. The molecule has 2 aromatic heterocycles. The molecule has 150 valence electrons. The Balaban J connectivity index is 0.00000261. The highest BCUT2D eigenvalue weighted by Crippen LogP contribution is 2.12. The number of morpholine rings is 1. The Morgan fingerprint density at radius 2 is 2.00 bits per heavy atom. The first-order valence-electron chi connectivity index (χ1n) is 9.24. The van der Waals surface area contributed by atoms with Gasteiger partial charge < -0.3 is 15.4 Å². The molecule has 0 spiro atoms. The van der Waals surface area contributed by atoms with Crippen molar-refractivity contribution < 1.29 is 4.74 Å². The average molecular weight is 487 g/mol. The summed E-state index contributed by atoms with van der Waals surface area (Å²) in [5.41, 5.74) is 0.847. The average Bonchev–Trinajstić information content (AvgIpc) is 3.08. The van der Waals surface area contributed by atoms with Gasteiger partial charge >= 0.3 is 0 Å². The van der Waals surface area contributed by atoms with Crippen molar-refractivity contribution in [3.8, 4) is 0 Å². The number of hydrogen-bond donors (Lipinski definition) is 2. The van der Waals surface area contributed by atoms with Gasteiger partial charge in [0.2, 0.25) is 0 Å². The monoisotopic (exact) mass is 487 g/mol. The third kappa shape index (κ3) is 5.76. The first-order valence-corrected chi connectivity index (χ1v) is 9.24. The number of aromatic nitrogens is 3. The van der Waals surface area contributed by atoms with Crippen LogP contribution in [0.2, 0.25) is 0 Å². The second-order valence-corrected chi connectivity index (χ2v) is 6.81. The molecule has 1 atom stereocenters. The predicted octanol–water partition coefficient (Wildman–Crippen LogP) is 1.37. The Kier molecular flexibility index (Phi) is 8.71. The van der Waals surface area contributed by atoms with Gasteiger partial charge in [-0.1, -0.05) is 19.9 Å². The maximum atomic E-state index is 5.48. The first-order chi connectivity index (χ1) is 12.7. The molecule has 0 radical (unpaired) electrons. The molecule has 0 saturated carbocycles. The fourth-order valence-corrected chi connectivity index (χ4v) is 3.29. The maximum Gasteiger partial charge on any atom is 0.191 e. The molecule has 1 saturated heterocycles. The summed E-state index contributed by atoms with van der Waals surface area (Å²) in [5, 5.41) is 15.2. The minimum absolute atomic E-state index is 0. The number of halogens is 1. The number of pyridine rings is 1. The van der Waals surface area contributed by atoms with Crippen LogP contribution in [0.1, 0.15) is 19.7 Å². The van der Waals surface area contributed by atoms with Gasteiger partial charge in [-0.05, 0) is 18.1 Å². The lowest BCUT2D eigenvalue weighted by Crippen LogP contribution is -2.52. The number of rotatable bonds is 6. The van der Waals surface area contributed by atoms with Crippen molar-refractivity contribution in [2.75, 3.05) is 39.9 Å². The Morgan fingerprint density at radius 3 is 2.70 bits per heavy atom. The number of fused-ring (bicyclic) bond motifs is 1. The molecule has 1 aliphatic heterocycles.